The molecule has 0 aliphatic carbocycles. The van der Waals surface area contributed by atoms with Crippen LogP contribution < -0.4 is 5.19 Å². The summed E-state index contributed by atoms with van der Waals surface area (Å²) in [6.07, 6.45) is 1.88. The molecule has 0 saturated heterocycles. The van der Waals surface area contributed by atoms with Crippen molar-refractivity contribution in [2.75, 3.05) is 0 Å². The van der Waals surface area contributed by atoms with Gasteiger partial charge in [-0.3, -0.25) is 0 Å². The Kier molecular flexibility index (Phi) is 20.2. The van der Waals surface area contributed by atoms with E-state index < -0.39 is 107 Å². The maximum Gasteiger partial charge on any atom is 0.647 e. The summed E-state index contributed by atoms with van der Waals surface area (Å²) in [4.78, 5) is 0. The predicted molar refractivity (Wildman–Crippen MR) is 279 cm³/mol. The molecule has 24 heteroatoms. The van der Waals surface area contributed by atoms with Gasteiger partial charge in [0, 0.05) is 0 Å². The van der Waals surface area contributed by atoms with E-state index in [0.717, 1.165) is 10.8 Å². The smallest absolute Gasteiger partial charge is 0.451 e. The summed E-state index contributed by atoms with van der Waals surface area (Å²) in [7, 11) is -32.9. The Hall–Kier alpha value is 1.34. The zero-order chi connectivity index (χ0) is 46.8. The molecule has 1 aromatic rings. The summed E-state index contributed by atoms with van der Waals surface area (Å²) >= 11 is 0. The maximum atomic E-state index is 7.60. The second-order valence-electron chi connectivity index (χ2n) is 23.1. The largest absolute Gasteiger partial charge is 0.647 e. The molecule has 1 atom stereocenters. The normalized spacial score (nSPS) is 15.8. The number of hydrogen-bond acceptors (Lipinski definition) is 11. The Bertz CT molecular complexity index is 1430. The molecule has 0 aliphatic heterocycles. The summed E-state index contributed by atoms with van der Waals surface area (Å²) < 4.78 is 78.7. The first-order valence-electron chi connectivity index (χ1n) is 20.9. The van der Waals surface area contributed by atoms with Gasteiger partial charge in [-0.1, -0.05) is 36.9 Å². The molecule has 0 heterocycles. The fraction of sp³-hybridized carbons (Fsp3) is 0.771. The average molecular weight is 1050 g/mol. The highest BCUT2D eigenvalue weighted by Crippen LogP contribution is 2.37. The van der Waals surface area contributed by atoms with Crippen LogP contribution in [0, 0.1) is 0 Å². The Balaban J connectivity index is 3.98. The van der Waals surface area contributed by atoms with Crippen LogP contribution in [-0.4, -0.2) is 117 Å². The van der Waals surface area contributed by atoms with Gasteiger partial charge >= 0.3 is 35.2 Å². The first-order chi connectivity index (χ1) is 25.7. The Morgan fingerprint density at radius 3 is 1.12 bits per heavy atom. The predicted octanol–water partition coefficient (Wildman–Crippen LogP) is 10.9. The lowest BCUT2D eigenvalue weighted by Crippen LogP contribution is -2.72. The average Bonchev–Trinajstić information content (AvgIpc) is 2.87. The van der Waals surface area contributed by atoms with Crippen LogP contribution in [0.25, 0.3) is 6.08 Å². The molecule has 59 heavy (non-hydrogen) atoms. The Morgan fingerprint density at radius 2 is 0.763 bits per heavy atom. The van der Waals surface area contributed by atoms with E-state index in [1.54, 1.807) is 0 Å². The van der Waals surface area contributed by atoms with E-state index >= 15 is 0 Å². The first kappa shape index (κ1) is 58.4. The van der Waals surface area contributed by atoms with Gasteiger partial charge in [-0.25, -0.2) is 0 Å². The van der Waals surface area contributed by atoms with E-state index in [9.17, 15) is 0 Å². The summed E-state index contributed by atoms with van der Waals surface area (Å²) in [5.41, 5.74) is 1.05. The summed E-state index contributed by atoms with van der Waals surface area (Å²) in [5.74, 6) is 0. The zero-order valence-corrected chi connectivity index (χ0v) is 55.2. The van der Waals surface area contributed by atoms with E-state index in [1.807, 2.05) is 18.2 Å². The van der Waals surface area contributed by atoms with E-state index in [4.69, 9.17) is 45.6 Å². The SMILES string of the molecule is C=Cc1ccccc1[Si]O[Si](C)(C)C(O[Si](O[Si](C)(C)C)(O[Si](C)(C)C)O[Si](C)(C)C)[Si](C)(C)O[Si](C)(C)O[Si](C)(C)O[Si](O[Si](C)(C)C)(O[Si](C)(C)C)O[Si](C)(C)C. The molecule has 0 aromatic heterocycles. The van der Waals surface area contributed by atoms with Crippen molar-refractivity contribution in [3.63, 3.8) is 0 Å². The molecule has 344 valence electrons. The number of rotatable bonds is 26. The zero-order valence-electron chi connectivity index (χ0n) is 42.2. The molecule has 0 fully saturated rings. The van der Waals surface area contributed by atoms with E-state index in [-0.39, 0.29) is 9.76 Å². The highest BCUT2D eigenvalue weighted by atomic mass is 28.6. The van der Waals surface area contributed by atoms with Crippen molar-refractivity contribution in [2.24, 2.45) is 0 Å². The molecule has 0 N–H and O–H groups in total. The van der Waals surface area contributed by atoms with Crippen LogP contribution in [0.2, 0.25) is 170 Å². The Morgan fingerprint density at radius 1 is 0.424 bits per heavy atom. The molecule has 1 unspecified atom stereocenters. The van der Waals surface area contributed by atoms with Gasteiger partial charge in [0.1, 0.15) is 0 Å². The minimum atomic E-state index is -3.83. The number of benzene rings is 1. The molecule has 2 radical (unpaired) electrons. The van der Waals surface area contributed by atoms with Crippen molar-refractivity contribution in [2.45, 2.75) is 176 Å². The fourth-order valence-corrected chi connectivity index (χ4v) is 57.2. The molecule has 1 aromatic carbocycles. The molecule has 0 aliphatic rings. The third-order valence-electron chi connectivity index (χ3n) is 7.09. The monoisotopic (exact) mass is 1050 g/mol. The fourth-order valence-electron chi connectivity index (χ4n) is 6.40. The molecule has 1 rings (SSSR count). The van der Waals surface area contributed by atoms with Crippen molar-refractivity contribution >= 4 is 123 Å². The van der Waals surface area contributed by atoms with Crippen molar-refractivity contribution in [1.29, 1.82) is 0 Å². The van der Waals surface area contributed by atoms with Crippen LogP contribution in [0.5, 0.6) is 0 Å². The van der Waals surface area contributed by atoms with Crippen molar-refractivity contribution < 1.29 is 45.6 Å². The van der Waals surface area contributed by atoms with Gasteiger partial charge in [-0.05, 0) is 181 Å². The molecule has 0 spiro atoms. The third kappa shape index (κ3) is 23.4. The topological polar surface area (TPSA) is 102 Å². The van der Waals surface area contributed by atoms with Crippen LogP contribution in [0.4, 0.5) is 0 Å². The molecule has 0 amide bonds. The van der Waals surface area contributed by atoms with E-state index in [1.165, 1.54) is 0 Å². The van der Waals surface area contributed by atoms with Crippen molar-refractivity contribution in [3.05, 3.63) is 36.4 Å². The molecule has 0 bridgehead atoms. The van der Waals surface area contributed by atoms with E-state index in [2.05, 4.69) is 189 Å². The molecular formula is C35H86O11Si13. The van der Waals surface area contributed by atoms with Gasteiger partial charge in [0.15, 0.2) is 49.9 Å². The third-order valence-corrected chi connectivity index (χ3v) is 49.9. The van der Waals surface area contributed by atoms with Crippen LogP contribution >= 0.6 is 0 Å². The van der Waals surface area contributed by atoms with Crippen LogP contribution in [-0.2, 0) is 45.6 Å². The van der Waals surface area contributed by atoms with Gasteiger partial charge in [-0.15, -0.1) is 0 Å². The highest BCUT2D eigenvalue weighted by Gasteiger charge is 2.62. The van der Waals surface area contributed by atoms with Gasteiger partial charge in [0.25, 0.3) is 9.76 Å². The molecule has 11 nitrogen and oxygen atoms in total. The maximum absolute atomic E-state index is 7.60. The van der Waals surface area contributed by atoms with Gasteiger partial charge in [-0.2, -0.15) is 0 Å². The second kappa shape index (κ2) is 20.5. The summed E-state index contributed by atoms with van der Waals surface area (Å²) in [6, 6.07) is 8.24. The highest BCUT2D eigenvalue weighted by molar-refractivity contribution is 6.99. The molecular weight excluding hydrogens is 961 g/mol. The van der Waals surface area contributed by atoms with Crippen LogP contribution in [0.3, 0.4) is 0 Å². The van der Waals surface area contributed by atoms with E-state index in [0.29, 0.717) is 0 Å². The van der Waals surface area contributed by atoms with Crippen molar-refractivity contribution in [1.82, 2.24) is 0 Å². The minimum Gasteiger partial charge on any atom is -0.451 e. The first-order valence-corrected chi connectivity index (χ1v) is 57.1. The number of hydrogen-bond donors (Lipinski definition) is 0. The lowest BCUT2D eigenvalue weighted by atomic mass is 10.2. The lowest BCUT2D eigenvalue weighted by molar-refractivity contribution is 0.0771. The quantitative estimate of drug-likeness (QED) is 0.0829. The van der Waals surface area contributed by atoms with Crippen LogP contribution in [0.15, 0.2) is 30.8 Å². The van der Waals surface area contributed by atoms with Crippen LogP contribution in [0.1, 0.15) is 5.56 Å². The van der Waals surface area contributed by atoms with Gasteiger partial charge in [0.05, 0.1) is 5.35 Å². The summed E-state index contributed by atoms with van der Waals surface area (Å²) in [6.45, 7) is 60.2. The molecule has 0 saturated carbocycles. The minimum absolute atomic E-state index is 0.0825. The lowest BCUT2D eigenvalue weighted by Gasteiger charge is -2.50. The summed E-state index contributed by atoms with van der Waals surface area (Å²) in [5, 5.41) is 0.627. The Labute approximate surface area is 377 Å². The van der Waals surface area contributed by atoms with Crippen molar-refractivity contribution in [3.8, 4) is 0 Å². The van der Waals surface area contributed by atoms with Gasteiger partial charge in [0.2, 0.25) is 16.6 Å². The second-order valence-corrected chi connectivity index (χ2v) is 73.2. The standard InChI is InChI=1S/C35H86O11Si13/c1-28-33-31-29-30-32-34(33)47-37-54(20,21)35(36-58(38-48(2,3)4,39-49(5,6)7)40-50(8,9)10)55(22,23)44-56(24,25)45-57(26,27)46-59(41-51(11,12)13,42-52(14,15)16)43-53(17,18)19/h28-32,35H,1H2,2-27H3. The van der Waals surface area contributed by atoms with Gasteiger partial charge < -0.3 is 45.6 Å².